The number of amides is 1. The minimum atomic E-state index is -0.549. The molecule has 0 spiro atoms. The van der Waals surface area contributed by atoms with Crippen molar-refractivity contribution in [2.75, 3.05) is 13.2 Å². The molecule has 0 rings (SSSR count). The smallest absolute Gasteiger partial charge is 0.223 e. The molecule has 4 heteroatoms. The van der Waals surface area contributed by atoms with Crippen molar-refractivity contribution >= 4 is 5.91 Å². The molecular formula is C10H21NO3. The van der Waals surface area contributed by atoms with Gasteiger partial charge in [0.05, 0.1) is 19.3 Å². The van der Waals surface area contributed by atoms with E-state index in [1.165, 1.54) is 0 Å². The van der Waals surface area contributed by atoms with Crippen molar-refractivity contribution in [2.45, 2.75) is 33.7 Å². The highest BCUT2D eigenvalue weighted by Crippen LogP contribution is 2.25. The monoisotopic (exact) mass is 203 g/mol. The summed E-state index contributed by atoms with van der Waals surface area (Å²) in [4.78, 5) is 11.6. The summed E-state index contributed by atoms with van der Waals surface area (Å²) in [5.74, 6) is -0.284. The summed E-state index contributed by atoms with van der Waals surface area (Å²) in [5, 5.41) is 20.2. The molecule has 0 saturated carbocycles. The Morgan fingerprint density at radius 3 is 2.00 bits per heavy atom. The molecule has 0 unspecified atom stereocenters. The van der Waals surface area contributed by atoms with E-state index < -0.39 is 6.04 Å². The van der Waals surface area contributed by atoms with Gasteiger partial charge in [0.1, 0.15) is 0 Å². The second kappa shape index (κ2) is 5.32. The summed E-state index contributed by atoms with van der Waals surface area (Å²) in [5.41, 5.74) is -0.112. The molecule has 0 bridgehead atoms. The summed E-state index contributed by atoms with van der Waals surface area (Å²) < 4.78 is 0. The topological polar surface area (TPSA) is 69.6 Å². The standard InChI is InChI=1S/C10H21NO3/c1-7(10(2,3)4)9(14)11-8(5-12)6-13/h7-8,12-13H,5-6H2,1-4H3,(H,11,14)/t7-/m1/s1. The van der Waals surface area contributed by atoms with Crippen LogP contribution in [-0.4, -0.2) is 35.4 Å². The summed E-state index contributed by atoms with van der Waals surface area (Å²) in [6.45, 7) is 7.29. The third-order valence-corrected chi connectivity index (χ3v) is 2.48. The lowest BCUT2D eigenvalue weighted by molar-refractivity contribution is -0.128. The van der Waals surface area contributed by atoms with Crippen LogP contribution in [0.3, 0.4) is 0 Å². The van der Waals surface area contributed by atoms with Crippen LogP contribution in [0.1, 0.15) is 27.7 Å². The first-order chi connectivity index (χ1) is 6.32. The molecule has 0 fully saturated rings. The molecule has 3 N–H and O–H groups in total. The number of nitrogens with one attached hydrogen (secondary N) is 1. The number of hydrogen-bond acceptors (Lipinski definition) is 3. The Morgan fingerprint density at radius 2 is 1.71 bits per heavy atom. The molecule has 0 aliphatic rings. The van der Waals surface area contributed by atoms with Gasteiger partial charge < -0.3 is 15.5 Å². The zero-order valence-electron chi connectivity index (χ0n) is 9.37. The van der Waals surface area contributed by atoms with E-state index in [1.54, 1.807) is 0 Å². The molecule has 0 saturated heterocycles. The van der Waals surface area contributed by atoms with E-state index in [1.807, 2.05) is 27.7 Å². The fraction of sp³-hybridized carbons (Fsp3) is 0.900. The van der Waals surface area contributed by atoms with Gasteiger partial charge in [-0.05, 0) is 5.41 Å². The van der Waals surface area contributed by atoms with Crippen LogP contribution in [0.5, 0.6) is 0 Å². The van der Waals surface area contributed by atoms with Gasteiger partial charge in [-0.1, -0.05) is 27.7 Å². The summed E-state index contributed by atoms with van der Waals surface area (Å²) in [7, 11) is 0. The van der Waals surface area contributed by atoms with Gasteiger partial charge in [-0.15, -0.1) is 0 Å². The average Bonchev–Trinajstić information content (AvgIpc) is 2.11. The number of rotatable bonds is 4. The predicted octanol–water partition coefficient (Wildman–Crippen LogP) is 0.138. The fourth-order valence-electron chi connectivity index (χ4n) is 0.868. The Kier molecular flexibility index (Phi) is 5.08. The van der Waals surface area contributed by atoms with Crippen molar-refractivity contribution in [3.8, 4) is 0 Å². The van der Waals surface area contributed by atoms with Crippen LogP contribution in [0.2, 0.25) is 0 Å². The molecule has 0 aromatic carbocycles. The van der Waals surface area contributed by atoms with Crippen LogP contribution in [0.25, 0.3) is 0 Å². The largest absolute Gasteiger partial charge is 0.394 e. The Hall–Kier alpha value is -0.610. The molecule has 0 heterocycles. The molecule has 0 aliphatic heterocycles. The Bertz CT molecular complexity index is 182. The molecule has 0 aliphatic carbocycles. The lowest BCUT2D eigenvalue weighted by Crippen LogP contribution is -2.45. The first-order valence-corrected chi connectivity index (χ1v) is 4.85. The van der Waals surface area contributed by atoms with Crippen LogP contribution in [0, 0.1) is 11.3 Å². The van der Waals surface area contributed by atoms with Crippen LogP contribution in [0.15, 0.2) is 0 Å². The molecule has 0 radical (unpaired) electrons. The van der Waals surface area contributed by atoms with Gasteiger partial charge in [0.15, 0.2) is 0 Å². The normalized spacial score (nSPS) is 14.2. The lowest BCUT2D eigenvalue weighted by atomic mass is 9.81. The minimum Gasteiger partial charge on any atom is -0.394 e. The van der Waals surface area contributed by atoms with E-state index in [-0.39, 0.29) is 30.5 Å². The highest BCUT2D eigenvalue weighted by atomic mass is 16.3. The van der Waals surface area contributed by atoms with Crippen LogP contribution >= 0.6 is 0 Å². The zero-order chi connectivity index (χ0) is 11.4. The molecule has 0 aromatic rings. The van der Waals surface area contributed by atoms with Gasteiger partial charge in [-0.2, -0.15) is 0 Å². The van der Waals surface area contributed by atoms with E-state index in [0.717, 1.165) is 0 Å². The molecule has 1 atom stereocenters. The first kappa shape index (κ1) is 13.4. The lowest BCUT2D eigenvalue weighted by Gasteiger charge is -2.27. The molecule has 0 aromatic heterocycles. The van der Waals surface area contributed by atoms with E-state index in [9.17, 15) is 4.79 Å². The van der Waals surface area contributed by atoms with Gasteiger partial charge in [0.2, 0.25) is 5.91 Å². The number of aliphatic hydroxyl groups excluding tert-OH is 2. The van der Waals surface area contributed by atoms with Crippen molar-refractivity contribution in [3.63, 3.8) is 0 Å². The molecule has 84 valence electrons. The highest BCUT2D eigenvalue weighted by Gasteiger charge is 2.27. The first-order valence-electron chi connectivity index (χ1n) is 4.85. The van der Waals surface area contributed by atoms with Crippen molar-refractivity contribution in [1.82, 2.24) is 5.32 Å². The predicted molar refractivity (Wildman–Crippen MR) is 54.7 cm³/mol. The Balaban J connectivity index is 4.21. The maximum atomic E-state index is 11.6. The number of aliphatic hydroxyl groups is 2. The van der Waals surface area contributed by atoms with Gasteiger partial charge in [0.25, 0.3) is 0 Å². The fourth-order valence-corrected chi connectivity index (χ4v) is 0.868. The Labute approximate surface area is 85.3 Å². The van der Waals surface area contributed by atoms with Crippen molar-refractivity contribution in [1.29, 1.82) is 0 Å². The quantitative estimate of drug-likeness (QED) is 0.608. The summed E-state index contributed by atoms with van der Waals surface area (Å²) in [6, 6.07) is -0.549. The second-order valence-corrected chi connectivity index (χ2v) is 4.66. The van der Waals surface area contributed by atoms with Gasteiger partial charge in [-0.3, -0.25) is 4.79 Å². The van der Waals surface area contributed by atoms with Crippen LogP contribution < -0.4 is 5.32 Å². The van der Waals surface area contributed by atoms with Gasteiger partial charge in [0, 0.05) is 5.92 Å². The maximum absolute atomic E-state index is 11.6. The van der Waals surface area contributed by atoms with E-state index in [4.69, 9.17) is 10.2 Å². The maximum Gasteiger partial charge on any atom is 0.223 e. The molecule has 14 heavy (non-hydrogen) atoms. The number of hydrogen-bond donors (Lipinski definition) is 3. The Morgan fingerprint density at radius 1 is 1.29 bits per heavy atom. The molecule has 4 nitrogen and oxygen atoms in total. The summed E-state index contributed by atoms with van der Waals surface area (Å²) >= 11 is 0. The van der Waals surface area contributed by atoms with Crippen LogP contribution in [-0.2, 0) is 4.79 Å². The third-order valence-electron chi connectivity index (χ3n) is 2.48. The van der Waals surface area contributed by atoms with Crippen LogP contribution in [0.4, 0.5) is 0 Å². The minimum absolute atomic E-state index is 0.112. The summed E-state index contributed by atoms with van der Waals surface area (Å²) in [6.07, 6.45) is 0. The van der Waals surface area contributed by atoms with Crippen molar-refractivity contribution in [3.05, 3.63) is 0 Å². The number of carbonyl (C=O) groups is 1. The van der Waals surface area contributed by atoms with E-state index >= 15 is 0 Å². The van der Waals surface area contributed by atoms with Crippen molar-refractivity contribution in [2.24, 2.45) is 11.3 Å². The molecule has 1 amide bonds. The van der Waals surface area contributed by atoms with E-state index in [2.05, 4.69) is 5.32 Å². The average molecular weight is 203 g/mol. The molecular weight excluding hydrogens is 182 g/mol. The SMILES string of the molecule is C[C@H](C(=O)NC(CO)CO)C(C)(C)C. The number of carbonyl (C=O) groups excluding carboxylic acids is 1. The van der Waals surface area contributed by atoms with Gasteiger partial charge in [-0.25, -0.2) is 0 Å². The zero-order valence-corrected chi connectivity index (χ0v) is 9.37. The van der Waals surface area contributed by atoms with E-state index in [0.29, 0.717) is 0 Å². The second-order valence-electron chi connectivity index (χ2n) is 4.66. The highest BCUT2D eigenvalue weighted by molar-refractivity contribution is 5.79. The third kappa shape index (κ3) is 4.07. The van der Waals surface area contributed by atoms with Crippen molar-refractivity contribution < 1.29 is 15.0 Å². The van der Waals surface area contributed by atoms with Gasteiger partial charge >= 0.3 is 0 Å².